The predicted octanol–water partition coefficient (Wildman–Crippen LogP) is 5.23. The van der Waals surface area contributed by atoms with Gasteiger partial charge in [0.2, 0.25) is 0 Å². The van der Waals surface area contributed by atoms with Gasteiger partial charge in [-0.15, -0.1) is 0 Å². The predicted molar refractivity (Wildman–Crippen MR) is 96.1 cm³/mol. The molecule has 2 aromatic rings. The van der Waals surface area contributed by atoms with Crippen LogP contribution in [0, 0.1) is 11.7 Å². The fourth-order valence-electron chi connectivity index (χ4n) is 2.58. The number of hydrogen-bond acceptors (Lipinski definition) is 2. The van der Waals surface area contributed by atoms with Crippen LogP contribution in [0.5, 0.6) is 5.75 Å². The number of halogens is 1. The Labute approximate surface area is 148 Å². The van der Waals surface area contributed by atoms with Crippen molar-refractivity contribution in [1.29, 1.82) is 0 Å². The van der Waals surface area contributed by atoms with Gasteiger partial charge in [0.05, 0.1) is 5.92 Å². The van der Waals surface area contributed by atoms with Crippen molar-refractivity contribution >= 4 is 5.97 Å². The van der Waals surface area contributed by atoms with E-state index < -0.39 is 5.97 Å². The van der Waals surface area contributed by atoms with Crippen molar-refractivity contribution in [3.05, 3.63) is 65.5 Å². The third-order valence-electron chi connectivity index (χ3n) is 4.27. The topological polar surface area (TPSA) is 46.5 Å². The van der Waals surface area contributed by atoms with Crippen LogP contribution in [0.3, 0.4) is 0 Å². The van der Waals surface area contributed by atoms with Crippen molar-refractivity contribution in [1.82, 2.24) is 0 Å². The first-order valence-corrected chi connectivity index (χ1v) is 8.73. The number of carboxylic acids is 1. The summed E-state index contributed by atoms with van der Waals surface area (Å²) in [5.74, 6) is -0.414. The number of carboxylic acid groups (broad SMARTS) is 1. The highest BCUT2D eigenvalue weighted by molar-refractivity contribution is 5.69. The molecule has 1 N–H and O–H groups in total. The summed E-state index contributed by atoms with van der Waals surface area (Å²) < 4.78 is 18.6. The average molecular weight is 344 g/mol. The van der Waals surface area contributed by atoms with Crippen LogP contribution >= 0.6 is 0 Å². The zero-order chi connectivity index (χ0) is 18.1. The van der Waals surface area contributed by atoms with Crippen molar-refractivity contribution in [3.63, 3.8) is 0 Å². The summed E-state index contributed by atoms with van der Waals surface area (Å²) in [5.41, 5.74) is 2.18. The SMILES string of the molecule is CC(CCCCCc1ccc(OCc2ccc(F)cc2)cc1)C(=O)O. The molecule has 0 saturated carbocycles. The number of carbonyl (C=O) groups is 1. The van der Waals surface area contributed by atoms with Crippen LogP contribution in [0.2, 0.25) is 0 Å². The molecule has 0 spiro atoms. The first kappa shape index (κ1) is 19.0. The molecule has 2 rings (SSSR count). The van der Waals surface area contributed by atoms with Gasteiger partial charge in [0.25, 0.3) is 0 Å². The number of hydrogen-bond donors (Lipinski definition) is 1. The molecule has 1 atom stereocenters. The molecule has 0 aliphatic carbocycles. The van der Waals surface area contributed by atoms with Gasteiger partial charge in [-0.2, -0.15) is 0 Å². The van der Waals surface area contributed by atoms with Gasteiger partial charge in [-0.25, -0.2) is 4.39 Å². The standard InChI is InChI=1S/C21H25FO3/c1-16(21(23)24)5-3-2-4-6-17-9-13-20(14-10-17)25-15-18-7-11-19(22)12-8-18/h7-14,16H,2-6,15H2,1H3,(H,23,24). The lowest BCUT2D eigenvalue weighted by atomic mass is 10.0. The zero-order valence-corrected chi connectivity index (χ0v) is 14.6. The molecule has 3 nitrogen and oxygen atoms in total. The highest BCUT2D eigenvalue weighted by atomic mass is 19.1. The summed E-state index contributed by atoms with van der Waals surface area (Å²) in [7, 11) is 0. The third kappa shape index (κ3) is 6.96. The Hall–Kier alpha value is -2.36. The minimum Gasteiger partial charge on any atom is -0.489 e. The number of unbranched alkanes of at least 4 members (excludes halogenated alkanes) is 2. The monoisotopic (exact) mass is 344 g/mol. The van der Waals surface area contributed by atoms with Crippen LogP contribution in [0.1, 0.15) is 43.7 Å². The summed E-state index contributed by atoms with van der Waals surface area (Å²) >= 11 is 0. The van der Waals surface area contributed by atoms with Gasteiger partial charge in [-0.1, -0.05) is 44.0 Å². The van der Waals surface area contributed by atoms with Crippen LogP contribution < -0.4 is 4.74 Å². The van der Waals surface area contributed by atoms with Crippen LogP contribution in [-0.2, 0) is 17.8 Å². The second kappa shape index (κ2) is 9.82. The van der Waals surface area contributed by atoms with Gasteiger partial charge in [-0.3, -0.25) is 4.79 Å². The Balaban J connectivity index is 1.67. The fraction of sp³-hybridized carbons (Fsp3) is 0.381. The van der Waals surface area contributed by atoms with E-state index in [0.717, 1.165) is 43.4 Å². The highest BCUT2D eigenvalue weighted by Crippen LogP contribution is 2.17. The van der Waals surface area contributed by atoms with E-state index in [1.54, 1.807) is 19.1 Å². The van der Waals surface area contributed by atoms with E-state index in [-0.39, 0.29) is 11.7 Å². The minimum absolute atomic E-state index is 0.245. The number of ether oxygens (including phenoxy) is 1. The van der Waals surface area contributed by atoms with Gasteiger partial charge in [0, 0.05) is 0 Å². The Morgan fingerprint density at radius 1 is 1.00 bits per heavy atom. The Morgan fingerprint density at radius 3 is 2.28 bits per heavy atom. The van der Waals surface area contributed by atoms with Crippen LogP contribution in [0.4, 0.5) is 4.39 Å². The number of aryl methyl sites for hydroxylation is 1. The molecule has 0 bridgehead atoms. The summed E-state index contributed by atoms with van der Waals surface area (Å²) in [6.45, 7) is 2.17. The number of rotatable bonds is 10. The number of aliphatic carboxylic acids is 1. The van der Waals surface area contributed by atoms with E-state index >= 15 is 0 Å². The van der Waals surface area contributed by atoms with E-state index in [2.05, 4.69) is 12.1 Å². The summed E-state index contributed by atoms with van der Waals surface area (Å²) in [5, 5.41) is 8.84. The second-order valence-electron chi connectivity index (χ2n) is 6.40. The molecule has 0 aliphatic heterocycles. The van der Waals surface area contributed by atoms with Gasteiger partial charge < -0.3 is 9.84 Å². The van der Waals surface area contributed by atoms with Crippen molar-refractivity contribution in [3.8, 4) is 5.75 Å². The third-order valence-corrected chi connectivity index (χ3v) is 4.27. The molecule has 0 radical (unpaired) electrons. The highest BCUT2D eigenvalue weighted by Gasteiger charge is 2.09. The van der Waals surface area contributed by atoms with E-state index in [1.165, 1.54) is 17.7 Å². The molecule has 0 fully saturated rings. The molecule has 0 aromatic heterocycles. The summed E-state index contributed by atoms with van der Waals surface area (Å²) in [4.78, 5) is 10.7. The average Bonchev–Trinajstić information content (AvgIpc) is 2.61. The van der Waals surface area contributed by atoms with E-state index in [1.807, 2.05) is 12.1 Å². The molecule has 4 heteroatoms. The molecular formula is C21H25FO3. The Kier molecular flexibility index (Phi) is 7.45. The molecule has 0 aliphatic rings. The molecule has 25 heavy (non-hydrogen) atoms. The summed E-state index contributed by atoms with van der Waals surface area (Å²) in [6, 6.07) is 14.3. The quantitative estimate of drug-likeness (QED) is 0.600. The zero-order valence-electron chi connectivity index (χ0n) is 14.6. The lowest BCUT2D eigenvalue weighted by Gasteiger charge is -2.08. The van der Waals surface area contributed by atoms with Gasteiger partial charge in [-0.05, 0) is 54.7 Å². The maximum atomic E-state index is 12.9. The first-order chi connectivity index (χ1) is 12.0. The molecular weight excluding hydrogens is 319 g/mol. The van der Waals surface area contributed by atoms with Crippen molar-refractivity contribution < 1.29 is 19.0 Å². The lowest BCUT2D eigenvalue weighted by molar-refractivity contribution is -0.141. The van der Waals surface area contributed by atoms with E-state index in [4.69, 9.17) is 9.84 Å². The second-order valence-corrected chi connectivity index (χ2v) is 6.40. The van der Waals surface area contributed by atoms with Crippen molar-refractivity contribution in [2.75, 3.05) is 0 Å². The van der Waals surface area contributed by atoms with E-state index in [0.29, 0.717) is 6.61 Å². The first-order valence-electron chi connectivity index (χ1n) is 8.73. The van der Waals surface area contributed by atoms with Gasteiger partial charge >= 0.3 is 5.97 Å². The molecule has 0 amide bonds. The molecule has 2 aromatic carbocycles. The molecule has 1 unspecified atom stereocenters. The fourth-order valence-corrected chi connectivity index (χ4v) is 2.58. The largest absolute Gasteiger partial charge is 0.489 e. The Bertz CT molecular complexity index is 650. The lowest BCUT2D eigenvalue weighted by Crippen LogP contribution is -2.08. The van der Waals surface area contributed by atoms with Crippen LogP contribution in [0.15, 0.2) is 48.5 Å². The van der Waals surface area contributed by atoms with Crippen molar-refractivity contribution in [2.45, 2.75) is 45.6 Å². The van der Waals surface area contributed by atoms with Crippen LogP contribution in [-0.4, -0.2) is 11.1 Å². The molecule has 134 valence electrons. The van der Waals surface area contributed by atoms with E-state index in [9.17, 15) is 9.18 Å². The minimum atomic E-state index is -0.712. The Morgan fingerprint density at radius 2 is 1.64 bits per heavy atom. The maximum Gasteiger partial charge on any atom is 0.306 e. The maximum absolute atomic E-state index is 12.9. The van der Waals surface area contributed by atoms with Crippen LogP contribution in [0.25, 0.3) is 0 Å². The number of benzene rings is 2. The molecule has 0 saturated heterocycles. The van der Waals surface area contributed by atoms with Gasteiger partial charge in [0.15, 0.2) is 0 Å². The van der Waals surface area contributed by atoms with Crippen molar-refractivity contribution in [2.24, 2.45) is 5.92 Å². The molecule has 0 heterocycles. The normalized spacial score (nSPS) is 11.9. The van der Waals surface area contributed by atoms with Gasteiger partial charge in [0.1, 0.15) is 18.2 Å². The smallest absolute Gasteiger partial charge is 0.306 e. The summed E-state index contributed by atoms with van der Waals surface area (Å²) in [6.07, 6.45) is 4.78.